The Hall–Kier alpha value is -2.34. The van der Waals surface area contributed by atoms with Gasteiger partial charge in [-0.25, -0.2) is 9.48 Å². The van der Waals surface area contributed by atoms with Crippen LogP contribution in [-0.2, 0) is 4.74 Å². The van der Waals surface area contributed by atoms with Gasteiger partial charge < -0.3 is 15.4 Å². The number of carbonyl (C=O) groups is 1. The molecule has 1 spiro atoms. The van der Waals surface area contributed by atoms with Crippen molar-refractivity contribution in [1.82, 2.24) is 15.1 Å². The molecule has 1 saturated carbocycles. The summed E-state index contributed by atoms with van der Waals surface area (Å²) in [6, 6.07) is 7.95. The summed E-state index contributed by atoms with van der Waals surface area (Å²) >= 11 is 0. The molecule has 4 rings (SSSR count). The Morgan fingerprint density at radius 2 is 2.15 bits per heavy atom. The topological polar surface area (TPSA) is 68.2 Å². The third kappa shape index (κ3) is 3.33. The molecule has 2 amide bonds. The number of aromatic nitrogens is 2. The number of amides is 2. The fourth-order valence-electron chi connectivity index (χ4n) is 4.41. The zero-order chi connectivity index (χ0) is 18.0. The van der Waals surface area contributed by atoms with E-state index < -0.39 is 0 Å². The van der Waals surface area contributed by atoms with Gasteiger partial charge in [0, 0.05) is 37.3 Å². The number of anilines is 1. The van der Waals surface area contributed by atoms with Crippen molar-refractivity contribution in [3.05, 3.63) is 42.2 Å². The predicted molar refractivity (Wildman–Crippen MR) is 101 cm³/mol. The van der Waals surface area contributed by atoms with Gasteiger partial charge in [-0.05, 0) is 67.9 Å². The highest BCUT2D eigenvalue weighted by Gasteiger charge is 2.44. The minimum Gasteiger partial charge on any atom is -0.381 e. The second-order valence-corrected chi connectivity index (χ2v) is 7.47. The molecule has 2 N–H and O–H groups in total. The Labute approximate surface area is 153 Å². The molecule has 6 heteroatoms. The first kappa shape index (κ1) is 17.1. The van der Waals surface area contributed by atoms with Gasteiger partial charge in [-0.15, -0.1) is 0 Å². The highest BCUT2D eigenvalue weighted by atomic mass is 16.5. The van der Waals surface area contributed by atoms with Crippen LogP contribution in [0, 0.1) is 12.3 Å². The van der Waals surface area contributed by atoms with Crippen LogP contribution in [0.25, 0.3) is 5.69 Å². The van der Waals surface area contributed by atoms with Crippen LogP contribution >= 0.6 is 0 Å². The number of carbonyl (C=O) groups excluding carboxylic acids is 1. The van der Waals surface area contributed by atoms with E-state index in [1.165, 1.54) is 12.8 Å². The monoisotopic (exact) mass is 354 g/mol. The summed E-state index contributed by atoms with van der Waals surface area (Å²) in [6.45, 7) is 3.62. The van der Waals surface area contributed by atoms with Crippen LogP contribution in [0.2, 0.25) is 0 Å². The van der Waals surface area contributed by atoms with E-state index >= 15 is 0 Å². The maximum Gasteiger partial charge on any atom is 0.319 e. The number of nitrogens with zero attached hydrogens (tertiary/aromatic N) is 2. The molecule has 2 fully saturated rings. The first-order chi connectivity index (χ1) is 12.7. The highest BCUT2D eigenvalue weighted by molar-refractivity contribution is 5.90. The van der Waals surface area contributed by atoms with Gasteiger partial charge >= 0.3 is 6.03 Å². The van der Waals surface area contributed by atoms with Crippen LogP contribution in [0.5, 0.6) is 0 Å². The van der Waals surface area contributed by atoms with Crippen molar-refractivity contribution in [2.75, 3.05) is 18.5 Å². The molecule has 1 aromatic carbocycles. The third-order valence-electron chi connectivity index (χ3n) is 5.93. The summed E-state index contributed by atoms with van der Waals surface area (Å²) in [4.78, 5) is 12.6. The number of hydrogen-bond donors (Lipinski definition) is 2. The molecule has 1 aliphatic carbocycles. The zero-order valence-corrected chi connectivity index (χ0v) is 15.2. The molecule has 0 unspecified atom stereocenters. The molecular formula is C20H26N4O2. The van der Waals surface area contributed by atoms with Crippen molar-refractivity contribution >= 4 is 11.7 Å². The molecule has 1 aliphatic heterocycles. The molecule has 138 valence electrons. The second-order valence-electron chi connectivity index (χ2n) is 7.47. The lowest BCUT2D eigenvalue weighted by Crippen LogP contribution is -2.48. The third-order valence-corrected chi connectivity index (χ3v) is 5.93. The molecule has 2 heterocycles. The Morgan fingerprint density at radius 3 is 2.88 bits per heavy atom. The lowest BCUT2D eigenvalue weighted by Gasteiger charge is -2.39. The summed E-state index contributed by atoms with van der Waals surface area (Å²) < 4.78 is 7.34. The van der Waals surface area contributed by atoms with Crippen LogP contribution in [0.4, 0.5) is 10.5 Å². The number of ether oxygens (including phenoxy) is 1. The van der Waals surface area contributed by atoms with E-state index in [4.69, 9.17) is 4.74 Å². The SMILES string of the molecule is Cc1cc(-n2cccn2)ccc1NC(=O)N[C@@H]1CCCC12CCOCC2. The van der Waals surface area contributed by atoms with Gasteiger partial charge in [0.15, 0.2) is 0 Å². The van der Waals surface area contributed by atoms with E-state index in [0.29, 0.717) is 0 Å². The number of aryl methyl sites for hydroxylation is 1. The van der Waals surface area contributed by atoms with E-state index in [1.54, 1.807) is 6.20 Å². The summed E-state index contributed by atoms with van der Waals surface area (Å²) in [6.07, 6.45) is 9.20. The maximum atomic E-state index is 12.6. The van der Waals surface area contributed by atoms with E-state index in [1.807, 2.05) is 42.1 Å². The number of urea groups is 1. The van der Waals surface area contributed by atoms with Crippen molar-refractivity contribution in [3.8, 4) is 5.69 Å². The smallest absolute Gasteiger partial charge is 0.319 e. The van der Waals surface area contributed by atoms with E-state index in [-0.39, 0.29) is 17.5 Å². The Kier molecular flexibility index (Phi) is 4.68. The van der Waals surface area contributed by atoms with Gasteiger partial charge in [-0.1, -0.05) is 6.42 Å². The molecule has 0 bridgehead atoms. The van der Waals surface area contributed by atoms with Crippen molar-refractivity contribution in [1.29, 1.82) is 0 Å². The van der Waals surface area contributed by atoms with E-state index in [2.05, 4.69) is 15.7 Å². The standard InChI is InChI=1S/C20H26N4O2/c1-15-14-16(24-11-3-10-21-24)5-6-17(15)22-19(25)23-18-4-2-7-20(18)8-12-26-13-9-20/h3,5-6,10-11,14,18H,2,4,7-9,12-13H2,1H3,(H2,22,23,25)/t18-/m1/s1. The molecule has 1 atom stereocenters. The van der Waals surface area contributed by atoms with Crippen molar-refractivity contribution in [3.63, 3.8) is 0 Å². The van der Waals surface area contributed by atoms with Gasteiger partial charge in [-0.2, -0.15) is 5.10 Å². The fraction of sp³-hybridized carbons (Fsp3) is 0.500. The molecule has 1 saturated heterocycles. The zero-order valence-electron chi connectivity index (χ0n) is 15.2. The Morgan fingerprint density at radius 1 is 1.31 bits per heavy atom. The molecule has 2 aliphatic rings. The Balaban J connectivity index is 1.42. The fourth-order valence-corrected chi connectivity index (χ4v) is 4.41. The average Bonchev–Trinajstić information content (AvgIpc) is 3.29. The first-order valence-corrected chi connectivity index (χ1v) is 9.42. The van der Waals surface area contributed by atoms with Gasteiger partial charge in [0.1, 0.15) is 0 Å². The number of rotatable bonds is 3. The summed E-state index contributed by atoms with van der Waals surface area (Å²) in [5, 5.41) is 10.5. The minimum atomic E-state index is -0.113. The van der Waals surface area contributed by atoms with Crippen molar-refractivity contribution in [2.45, 2.75) is 45.1 Å². The van der Waals surface area contributed by atoms with Gasteiger partial charge in [-0.3, -0.25) is 0 Å². The largest absolute Gasteiger partial charge is 0.381 e. The number of hydrogen-bond acceptors (Lipinski definition) is 3. The maximum absolute atomic E-state index is 12.6. The van der Waals surface area contributed by atoms with Gasteiger partial charge in [0.05, 0.1) is 5.69 Å². The average molecular weight is 354 g/mol. The molecule has 1 aromatic heterocycles. The normalized spacial score (nSPS) is 21.7. The number of nitrogens with one attached hydrogen (secondary N) is 2. The Bertz CT molecular complexity index is 766. The molecule has 0 radical (unpaired) electrons. The van der Waals surface area contributed by atoms with Crippen LogP contribution < -0.4 is 10.6 Å². The lowest BCUT2D eigenvalue weighted by atomic mass is 9.75. The van der Waals surface area contributed by atoms with Crippen LogP contribution in [-0.4, -0.2) is 35.1 Å². The molecule has 2 aromatic rings. The quantitative estimate of drug-likeness (QED) is 0.884. The minimum absolute atomic E-state index is 0.113. The second kappa shape index (κ2) is 7.11. The van der Waals surface area contributed by atoms with Crippen molar-refractivity contribution in [2.24, 2.45) is 5.41 Å². The summed E-state index contributed by atoms with van der Waals surface area (Å²) in [7, 11) is 0. The predicted octanol–water partition coefficient (Wildman–Crippen LogP) is 3.65. The summed E-state index contributed by atoms with van der Waals surface area (Å²) in [5.74, 6) is 0. The highest BCUT2D eigenvalue weighted by Crippen LogP contribution is 2.45. The summed E-state index contributed by atoms with van der Waals surface area (Å²) in [5.41, 5.74) is 3.06. The molecular weight excluding hydrogens is 328 g/mol. The van der Waals surface area contributed by atoms with Crippen LogP contribution in [0.15, 0.2) is 36.7 Å². The molecule has 6 nitrogen and oxygen atoms in total. The van der Waals surface area contributed by atoms with Crippen LogP contribution in [0.1, 0.15) is 37.7 Å². The van der Waals surface area contributed by atoms with Crippen molar-refractivity contribution < 1.29 is 9.53 Å². The lowest BCUT2D eigenvalue weighted by molar-refractivity contribution is 0.00652. The molecule has 26 heavy (non-hydrogen) atoms. The van der Waals surface area contributed by atoms with Crippen LogP contribution in [0.3, 0.4) is 0 Å². The van der Waals surface area contributed by atoms with E-state index in [9.17, 15) is 4.79 Å². The number of benzene rings is 1. The first-order valence-electron chi connectivity index (χ1n) is 9.42. The van der Waals surface area contributed by atoms with E-state index in [0.717, 1.165) is 49.4 Å². The van der Waals surface area contributed by atoms with Gasteiger partial charge in [0.2, 0.25) is 0 Å². The van der Waals surface area contributed by atoms with Gasteiger partial charge in [0.25, 0.3) is 0 Å².